The molecular weight excluding hydrogens is 166 g/mol. The lowest BCUT2D eigenvalue weighted by Gasteiger charge is -2.22. The highest BCUT2D eigenvalue weighted by atomic mass is 16.7. The summed E-state index contributed by atoms with van der Waals surface area (Å²) >= 11 is 0. The molecule has 0 bridgehead atoms. The first-order valence-electron chi connectivity index (χ1n) is 3.62. The van der Waals surface area contributed by atoms with Gasteiger partial charge in [-0.1, -0.05) is 0 Å². The second kappa shape index (κ2) is 3.25. The average Bonchev–Trinajstić information content (AvgIpc) is 2.31. The molecule has 6 heteroatoms. The molecule has 1 rings (SSSR count). The van der Waals surface area contributed by atoms with E-state index in [9.17, 15) is 15.3 Å². The Morgan fingerprint density at radius 3 is 2.25 bits per heavy atom. The molecule has 1 heterocycles. The quantitative estimate of drug-likeness (QED) is 0.304. The van der Waals surface area contributed by atoms with Gasteiger partial charge in [-0.15, -0.1) is 0 Å². The molecule has 1 fully saturated rings. The number of aliphatic hydroxyl groups is 4. The zero-order chi connectivity index (χ0) is 9.35. The van der Waals surface area contributed by atoms with Crippen LogP contribution in [0.25, 0.3) is 0 Å². The topological polar surface area (TPSA) is 116 Å². The van der Waals surface area contributed by atoms with Crippen LogP contribution in [0.5, 0.6) is 0 Å². The molecule has 1 unspecified atom stereocenters. The maximum Gasteiger partial charge on any atom is 0.219 e. The lowest BCUT2D eigenvalue weighted by molar-refractivity contribution is -0.244. The molecule has 0 radical (unpaired) electrons. The van der Waals surface area contributed by atoms with Crippen molar-refractivity contribution >= 4 is 0 Å². The fourth-order valence-corrected chi connectivity index (χ4v) is 1.19. The highest BCUT2D eigenvalue weighted by molar-refractivity contribution is 4.95. The summed E-state index contributed by atoms with van der Waals surface area (Å²) in [7, 11) is 0. The first-order chi connectivity index (χ1) is 5.55. The van der Waals surface area contributed by atoms with Gasteiger partial charge in [0.2, 0.25) is 5.79 Å². The minimum atomic E-state index is -2.08. The van der Waals surface area contributed by atoms with E-state index in [2.05, 4.69) is 0 Å². The van der Waals surface area contributed by atoms with Crippen LogP contribution >= 0.6 is 0 Å². The molecule has 0 aliphatic carbocycles. The summed E-state index contributed by atoms with van der Waals surface area (Å²) in [5.74, 6) is -2.08. The molecule has 12 heavy (non-hydrogen) atoms. The van der Waals surface area contributed by atoms with Crippen LogP contribution in [0.4, 0.5) is 0 Å². The number of ether oxygens (including phenoxy) is 1. The van der Waals surface area contributed by atoms with E-state index in [4.69, 9.17) is 15.6 Å². The summed E-state index contributed by atoms with van der Waals surface area (Å²) < 4.78 is 4.75. The second-order valence-corrected chi connectivity index (χ2v) is 2.83. The van der Waals surface area contributed by atoms with Gasteiger partial charge in [-0.2, -0.15) is 0 Å². The molecule has 0 aromatic heterocycles. The van der Waals surface area contributed by atoms with E-state index >= 15 is 0 Å². The first-order valence-corrected chi connectivity index (χ1v) is 3.62. The highest BCUT2D eigenvalue weighted by Crippen LogP contribution is 2.27. The van der Waals surface area contributed by atoms with Gasteiger partial charge in [0.05, 0.1) is 6.61 Å². The number of hydrogen-bond acceptors (Lipinski definition) is 6. The Labute approximate surface area is 69.2 Å². The summed E-state index contributed by atoms with van der Waals surface area (Å²) in [6.07, 6.45) is -3.61. The van der Waals surface area contributed by atoms with Crippen molar-refractivity contribution in [3.8, 4) is 0 Å². The molecule has 4 atom stereocenters. The number of hydrogen-bond donors (Lipinski definition) is 5. The van der Waals surface area contributed by atoms with Gasteiger partial charge in [0.15, 0.2) is 0 Å². The predicted octanol–water partition coefficient (Wildman–Crippen LogP) is -3.25. The van der Waals surface area contributed by atoms with Gasteiger partial charge in [0, 0.05) is 6.54 Å². The van der Waals surface area contributed by atoms with Crippen LogP contribution < -0.4 is 5.73 Å². The Morgan fingerprint density at radius 2 is 2.00 bits per heavy atom. The Hall–Kier alpha value is -0.240. The van der Waals surface area contributed by atoms with Crippen molar-refractivity contribution < 1.29 is 25.2 Å². The van der Waals surface area contributed by atoms with E-state index in [1.54, 1.807) is 0 Å². The van der Waals surface area contributed by atoms with E-state index in [-0.39, 0.29) is 6.54 Å². The maximum absolute atomic E-state index is 9.30. The van der Waals surface area contributed by atoms with Crippen molar-refractivity contribution in [1.29, 1.82) is 0 Å². The highest BCUT2D eigenvalue weighted by Gasteiger charge is 2.52. The predicted molar refractivity (Wildman–Crippen MR) is 38.0 cm³/mol. The molecule has 0 amide bonds. The van der Waals surface area contributed by atoms with Crippen molar-refractivity contribution in [3.05, 3.63) is 0 Å². The van der Waals surface area contributed by atoms with E-state index < -0.39 is 30.7 Å². The molecule has 0 aromatic rings. The molecule has 0 aromatic carbocycles. The second-order valence-electron chi connectivity index (χ2n) is 2.83. The summed E-state index contributed by atoms with van der Waals surface area (Å²) in [5.41, 5.74) is 5.17. The Kier molecular flexibility index (Phi) is 2.67. The Balaban J connectivity index is 2.72. The Bertz CT molecular complexity index is 166. The van der Waals surface area contributed by atoms with Crippen LogP contribution in [-0.2, 0) is 4.74 Å². The van der Waals surface area contributed by atoms with Crippen LogP contribution in [0.3, 0.4) is 0 Å². The summed E-state index contributed by atoms with van der Waals surface area (Å²) in [4.78, 5) is 0. The number of aliphatic hydroxyl groups excluding tert-OH is 3. The van der Waals surface area contributed by atoms with Crippen LogP contribution in [0, 0.1) is 0 Å². The van der Waals surface area contributed by atoms with E-state index in [1.165, 1.54) is 0 Å². The smallest absolute Gasteiger partial charge is 0.219 e. The maximum atomic E-state index is 9.30. The summed E-state index contributed by atoms with van der Waals surface area (Å²) in [6, 6.07) is 0. The standard InChI is InChI=1S/C6H13NO5/c7-1-3-4(9)5(10)6(11,2-8)12-3/h3-5,8-11H,1-2,7H2/t3-,4-,5+,6?/m1/s1. The van der Waals surface area contributed by atoms with Crippen LogP contribution in [0.1, 0.15) is 0 Å². The molecule has 1 aliphatic heterocycles. The normalized spacial score (nSPS) is 48.2. The zero-order valence-electron chi connectivity index (χ0n) is 6.42. The van der Waals surface area contributed by atoms with E-state index in [0.717, 1.165) is 0 Å². The van der Waals surface area contributed by atoms with Gasteiger partial charge >= 0.3 is 0 Å². The Morgan fingerprint density at radius 1 is 1.42 bits per heavy atom. The third-order valence-corrected chi connectivity index (χ3v) is 1.98. The molecule has 6 N–H and O–H groups in total. The van der Waals surface area contributed by atoms with Gasteiger partial charge in [0.25, 0.3) is 0 Å². The van der Waals surface area contributed by atoms with E-state index in [0.29, 0.717) is 0 Å². The van der Waals surface area contributed by atoms with Crippen LogP contribution in [-0.4, -0.2) is 57.7 Å². The summed E-state index contributed by atoms with van der Waals surface area (Å²) in [6.45, 7) is -0.803. The van der Waals surface area contributed by atoms with Gasteiger partial charge in [-0.05, 0) is 0 Å². The molecule has 1 aliphatic rings. The molecule has 0 spiro atoms. The van der Waals surface area contributed by atoms with Gasteiger partial charge in [-0.25, -0.2) is 0 Å². The zero-order valence-corrected chi connectivity index (χ0v) is 6.42. The lowest BCUT2D eigenvalue weighted by Crippen LogP contribution is -2.46. The third kappa shape index (κ3) is 1.33. The molecule has 1 saturated heterocycles. The van der Waals surface area contributed by atoms with Crippen molar-refractivity contribution in [2.75, 3.05) is 13.2 Å². The largest absolute Gasteiger partial charge is 0.391 e. The molecule has 72 valence electrons. The monoisotopic (exact) mass is 179 g/mol. The molecular formula is C6H13NO5. The summed E-state index contributed by atoms with van der Waals surface area (Å²) in [5, 5.41) is 36.3. The van der Waals surface area contributed by atoms with Crippen LogP contribution in [0.2, 0.25) is 0 Å². The van der Waals surface area contributed by atoms with Crippen molar-refractivity contribution in [2.45, 2.75) is 24.1 Å². The SMILES string of the molecule is NC[C@H]1OC(O)(CO)[C@@H](O)[C@@H]1O. The third-order valence-electron chi connectivity index (χ3n) is 1.98. The fourth-order valence-electron chi connectivity index (χ4n) is 1.19. The van der Waals surface area contributed by atoms with Crippen LogP contribution in [0.15, 0.2) is 0 Å². The number of nitrogens with two attached hydrogens (primary N) is 1. The van der Waals surface area contributed by atoms with Gasteiger partial charge in [-0.3, -0.25) is 0 Å². The van der Waals surface area contributed by atoms with Gasteiger partial charge < -0.3 is 30.9 Å². The van der Waals surface area contributed by atoms with Crippen molar-refractivity contribution in [1.82, 2.24) is 0 Å². The minimum Gasteiger partial charge on any atom is -0.391 e. The molecule has 6 nitrogen and oxygen atoms in total. The van der Waals surface area contributed by atoms with Crippen molar-refractivity contribution in [2.24, 2.45) is 5.73 Å². The van der Waals surface area contributed by atoms with Crippen molar-refractivity contribution in [3.63, 3.8) is 0 Å². The number of rotatable bonds is 2. The molecule has 0 saturated carbocycles. The first kappa shape index (κ1) is 9.85. The average molecular weight is 179 g/mol. The minimum absolute atomic E-state index is 0.0272. The van der Waals surface area contributed by atoms with Gasteiger partial charge in [0.1, 0.15) is 18.3 Å². The fraction of sp³-hybridized carbons (Fsp3) is 1.00. The lowest BCUT2D eigenvalue weighted by atomic mass is 10.1. The van der Waals surface area contributed by atoms with E-state index in [1.807, 2.05) is 0 Å².